The maximum atomic E-state index is 10.1. The van der Waals surface area contributed by atoms with E-state index in [1.54, 1.807) is 7.11 Å². The van der Waals surface area contributed by atoms with Crippen LogP contribution in [0.4, 0.5) is 0 Å². The van der Waals surface area contributed by atoms with Gasteiger partial charge in [0.1, 0.15) is 5.75 Å². The second kappa shape index (κ2) is 4.72. The molecule has 4 heteroatoms. The van der Waals surface area contributed by atoms with Gasteiger partial charge in [-0.05, 0) is 18.2 Å². The van der Waals surface area contributed by atoms with Crippen LogP contribution in [0, 0.1) is 6.92 Å². The van der Waals surface area contributed by atoms with Crippen LogP contribution >= 0.6 is 0 Å². The number of methoxy groups -OCH3 is 1. The van der Waals surface area contributed by atoms with Crippen molar-refractivity contribution in [2.45, 2.75) is 26.7 Å². The van der Waals surface area contributed by atoms with Crippen molar-refractivity contribution in [3.05, 3.63) is 35.7 Å². The van der Waals surface area contributed by atoms with Gasteiger partial charge in [0.25, 0.3) is 5.69 Å². The highest BCUT2D eigenvalue weighted by atomic mass is 16.5. The Morgan fingerprint density at radius 1 is 1.33 bits per heavy atom. The molecule has 0 aliphatic rings. The van der Waals surface area contributed by atoms with Crippen molar-refractivity contribution in [1.82, 2.24) is 0 Å². The van der Waals surface area contributed by atoms with Crippen molar-refractivity contribution < 1.29 is 19.1 Å². The number of hydrogen-bond donors (Lipinski definition) is 1. The number of nitrogens with zero attached hydrogens (tertiary/aromatic N) is 1. The Bertz CT molecular complexity index is 558. The van der Waals surface area contributed by atoms with Crippen molar-refractivity contribution in [2.24, 2.45) is 0 Å². The molecule has 0 bridgehead atoms. The molecule has 0 unspecified atom stereocenters. The molecule has 0 fully saturated rings. The third-order valence-electron chi connectivity index (χ3n) is 2.91. The largest absolute Gasteiger partial charge is 0.497 e. The summed E-state index contributed by atoms with van der Waals surface area (Å²) in [7, 11) is 1.61. The summed E-state index contributed by atoms with van der Waals surface area (Å²) < 4.78 is 12.0. The Balaban J connectivity index is 2.53. The number of rotatable bonds is 3. The molecular formula is C14H18NO3+. The van der Waals surface area contributed by atoms with E-state index in [1.165, 1.54) is 0 Å². The Hall–Kier alpha value is -1.97. The third-order valence-corrected chi connectivity index (χ3v) is 2.91. The number of oxazole rings is 1. The van der Waals surface area contributed by atoms with Gasteiger partial charge in [-0.25, -0.2) is 0 Å². The summed E-state index contributed by atoms with van der Waals surface area (Å²) in [6.45, 7) is 5.89. The highest BCUT2D eigenvalue weighted by Crippen LogP contribution is 2.26. The van der Waals surface area contributed by atoms with E-state index < -0.39 is 0 Å². The quantitative estimate of drug-likeness (QED) is 0.671. The van der Waals surface area contributed by atoms with Crippen molar-refractivity contribution >= 4 is 0 Å². The van der Waals surface area contributed by atoms with E-state index >= 15 is 0 Å². The Morgan fingerprint density at radius 2 is 2.06 bits per heavy atom. The van der Waals surface area contributed by atoms with Crippen LogP contribution in [-0.4, -0.2) is 12.3 Å². The second-order valence-electron chi connectivity index (χ2n) is 4.56. The molecule has 2 aromatic rings. The fourth-order valence-electron chi connectivity index (χ4n) is 1.95. The van der Waals surface area contributed by atoms with E-state index in [2.05, 4.69) is 0 Å². The number of hydrogen-bond acceptors (Lipinski definition) is 3. The van der Waals surface area contributed by atoms with Crippen LogP contribution in [0.5, 0.6) is 5.75 Å². The first-order valence-corrected chi connectivity index (χ1v) is 5.93. The zero-order valence-electron chi connectivity index (χ0n) is 11.1. The average Bonchev–Trinajstić information content (AvgIpc) is 2.67. The maximum Gasteiger partial charge on any atom is 0.429 e. The molecule has 4 nitrogen and oxygen atoms in total. The molecule has 96 valence electrons. The van der Waals surface area contributed by atoms with Gasteiger partial charge in [-0.15, -0.1) is 0 Å². The molecule has 2 rings (SSSR count). The van der Waals surface area contributed by atoms with Gasteiger partial charge in [0, 0.05) is 12.8 Å². The van der Waals surface area contributed by atoms with Gasteiger partial charge in [0.05, 0.1) is 17.4 Å². The summed E-state index contributed by atoms with van der Waals surface area (Å²) in [5.41, 5.74) is 1.51. The molecular weight excluding hydrogens is 230 g/mol. The molecule has 18 heavy (non-hydrogen) atoms. The van der Waals surface area contributed by atoms with Gasteiger partial charge >= 0.3 is 5.89 Å². The van der Waals surface area contributed by atoms with E-state index in [1.807, 2.05) is 45.0 Å². The lowest BCUT2D eigenvalue weighted by molar-refractivity contribution is -0.901. The fraction of sp³-hybridized carbons (Fsp3) is 0.357. The lowest BCUT2D eigenvalue weighted by atomic mass is 10.1. The smallest absolute Gasteiger partial charge is 0.429 e. The van der Waals surface area contributed by atoms with Gasteiger partial charge in [-0.1, -0.05) is 19.9 Å². The first-order chi connectivity index (χ1) is 8.54. The summed E-state index contributed by atoms with van der Waals surface area (Å²) in [5.74, 6) is 2.17. The van der Waals surface area contributed by atoms with Crippen LogP contribution in [0.25, 0.3) is 11.5 Å². The summed E-state index contributed by atoms with van der Waals surface area (Å²) in [4.78, 5) is 0. The molecule has 0 amide bonds. The highest BCUT2D eigenvalue weighted by Gasteiger charge is 2.29. The standard InChI is InChI=1S/C14H18NO3/c1-9(2)13-10(3)15(16)14(18-13)11-6-5-7-12(8-11)17-4/h5-9,16H,1-4H3/q+1. The molecule has 0 aliphatic carbocycles. The molecule has 0 radical (unpaired) electrons. The lowest BCUT2D eigenvalue weighted by Crippen LogP contribution is -2.33. The van der Waals surface area contributed by atoms with Crippen molar-refractivity contribution in [1.29, 1.82) is 0 Å². The maximum absolute atomic E-state index is 10.1. The van der Waals surface area contributed by atoms with Crippen LogP contribution in [-0.2, 0) is 0 Å². The minimum absolute atomic E-state index is 0.225. The fourth-order valence-corrected chi connectivity index (χ4v) is 1.95. The van der Waals surface area contributed by atoms with Crippen LogP contribution in [0.1, 0.15) is 31.2 Å². The molecule has 0 atom stereocenters. The summed E-state index contributed by atoms with van der Waals surface area (Å²) in [6.07, 6.45) is 0. The van der Waals surface area contributed by atoms with Gasteiger partial charge in [-0.3, -0.25) is 5.21 Å². The molecule has 1 heterocycles. The highest BCUT2D eigenvalue weighted by molar-refractivity contribution is 5.53. The second-order valence-corrected chi connectivity index (χ2v) is 4.56. The summed E-state index contributed by atoms with van der Waals surface area (Å²) in [5, 5.41) is 10.1. The Labute approximate surface area is 106 Å². The molecule has 0 saturated carbocycles. The molecule has 1 aromatic heterocycles. The first-order valence-electron chi connectivity index (χ1n) is 5.93. The van der Waals surface area contributed by atoms with Gasteiger partial charge < -0.3 is 9.15 Å². The summed E-state index contributed by atoms with van der Waals surface area (Å²) >= 11 is 0. The number of ether oxygens (including phenoxy) is 1. The monoisotopic (exact) mass is 248 g/mol. The van der Waals surface area contributed by atoms with E-state index in [0.717, 1.165) is 27.5 Å². The Kier molecular flexibility index (Phi) is 3.28. The topological polar surface area (TPSA) is 46.5 Å². The molecule has 1 N–H and O–H groups in total. The predicted molar refractivity (Wildman–Crippen MR) is 66.9 cm³/mol. The minimum atomic E-state index is 0.225. The van der Waals surface area contributed by atoms with Crippen LogP contribution in [0.15, 0.2) is 28.7 Å². The van der Waals surface area contributed by atoms with E-state index in [0.29, 0.717) is 5.89 Å². The van der Waals surface area contributed by atoms with E-state index in [4.69, 9.17) is 9.15 Å². The van der Waals surface area contributed by atoms with Crippen molar-refractivity contribution in [3.63, 3.8) is 0 Å². The minimum Gasteiger partial charge on any atom is -0.497 e. The lowest BCUT2D eigenvalue weighted by Gasteiger charge is -1.99. The SMILES string of the molecule is COc1cccc(-c2oc(C(C)C)c(C)[n+]2O)c1. The van der Waals surface area contributed by atoms with Crippen LogP contribution < -0.4 is 9.47 Å². The number of benzene rings is 1. The Morgan fingerprint density at radius 3 is 2.61 bits per heavy atom. The molecule has 0 spiro atoms. The van der Waals surface area contributed by atoms with Gasteiger partial charge in [0.2, 0.25) is 0 Å². The molecule has 1 aromatic carbocycles. The van der Waals surface area contributed by atoms with Gasteiger partial charge in [0.15, 0.2) is 5.76 Å². The third kappa shape index (κ3) is 2.06. The zero-order valence-corrected chi connectivity index (χ0v) is 11.1. The average molecular weight is 248 g/mol. The number of aromatic nitrogens is 1. The summed E-state index contributed by atoms with van der Waals surface area (Å²) in [6, 6.07) is 7.41. The van der Waals surface area contributed by atoms with E-state index in [-0.39, 0.29) is 5.92 Å². The van der Waals surface area contributed by atoms with Crippen LogP contribution in [0.2, 0.25) is 0 Å². The van der Waals surface area contributed by atoms with Crippen molar-refractivity contribution in [2.75, 3.05) is 7.11 Å². The zero-order chi connectivity index (χ0) is 13.3. The molecule has 0 saturated heterocycles. The van der Waals surface area contributed by atoms with Gasteiger partial charge in [-0.2, -0.15) is 0 Å². The van der Waals surface area contributed by atoms with Crippen molar-refractivity contribution in [3.8, 4) is 17.2 Å². The first kappa shape index (κ1) is 12.5. The predicted octanol–water partition coefficient (Wildman–Crippen LogP) is 2.91. The molecule has 0 aliphatic heterocycles. The van der Waals surface area contributed by atoms with E-state index in [9.17, 15) is 5.21 Å². The normalized spacial score (nSPS) is 10.9. The van der Waals surface area contributed by atoms with Crippen LogP contribution in [0.3, 0.4) is 0 Å².